The van der Waals surface area contributed by atoms with Crippen molar-refractivity contribution >= 4 is 16.9 Å². The van der Waals surface area contributed by atoms with Gasteiger partial charge in [0.2, 0.25) is 0 Å². The summed E-state index contributed by atoms with van der Waals surface area (Å²) in [6, 6.07) is 9.11. The van der Waals surface area contributed by atoms with Gasteiger partial charge in [0, 0.05) is 23.1 Å². The second-order valence-corrected chi connectivity index (χ2v) is 6.98. The number of rotatable bonds is 5. The number of methoxy groups -OCH3 is 3. The van der Waals surface area contributed by atoms with Crippen LogP contribution >= 0.6 is 0 Å². The number of hydrogen-bond donors (Lipinski definition) is 0. The zero-order chi connectivity index (χ0) is 20.7. The molecule has 7 nitrogen and oxygen atoms in total. The lowest BCUT2D eigenvalue weighted by molar-refractivity contribution is -0.142. The van der Waals surface area contributed by atoms with E-state index in [2.05, 4.69) is 0 Å². The van der Waals surface area contributed by atoms with E-state index in [4.69, 9.17) is 19.2 Å². The Morgan fingerprint density at radius 2 is 1.83 bits per heavy atom. The Balaban J connectivity index is 1.90. The van der Waals surface area contributed by atoms with Crippen molar-refractivity contribution in [3.63, 3.8) is 0 Å². The lowest BCUT2D eigenvalue weighted by atomic mass is 9.96. The number of benzene rings is 1. The molecular weight excluding hydrogens is 372 g/mol. The van der Waals surface area contributed by atoms with E-state index in [1.54, 1.807) is 18.8 Å². The highest BCUT2D eigenvalue weighted by Crippen LogP contribution is 2.37. The van der Waals surface area contributed by atoms with E-state index in [-0.39, 0.29) is 11.5 Å². The SMILES string of the molecule is CCC(C(=O)OC)c1cc2n(c(=O)c1)Cc1cc3cc(OC)c(OC)cc3nc1-2. The fourth-order valence-electron chi connectivity index (χ4n) is 3.92. The lowest BCUT2D eigenvalue weighted by Crippen LogP contribution is -2.22. The van der Waals surface area contributed by atoms with Crippen molar-refractivity contribution in [1.82, 2.24) is 9.55 Å². The van der Waals surface area contributed by atoms with Gasteiger partial charge < -0.3 is 18.8 Å². The first-order valence-corrected chi connectivity index (χ1v) is 9.39. The molecule has 3 aromatic rings. The number of nitrogens with zero attached hydrogens (tertiary/aromatic N) is 2. The number of aromatic nitrogens is 2. The van der Waals surface area contributed by atoms with Crippen LogP contribution in [0.15, 0.2) is 35.1 Å². The molecule has 1 aliphatic rings. The molecule has 2 aromatic heterocycles. The van der Waals surface area contributed by atoms with Gasteiger partial charge in [-0.3, -0.25) is 9.59 Å². The minimum atomic E-state index is -0.479. The van der Waals surface area contributed by atoms with E-state index in [0.29, 0.717) is 35.7 Å². The zero-order valence-electron chi connectivity index (χ0n) is 16.8. The smallest absolute Gasteiger partial charge is 0.313 e. The summed E-state index contributed by atoms with van der Waals surface area (Å²) in [5, 5.41) is 0.906. The van der Waals surface area contributed by atoms with Gasteiger partial charge in [0.1, 0.15) is 0 Å². The van der Waals surface area contributed by atoms with Gasteiger partial charge in [0.15, 0.2) is 11.5 Å². The van der Waals surface area contributed by atoms with Crippen molar-refractivity contribution in [2.24, 2.45) is 0 Å². The highest BCUT2D eigenvalue weighted by atomic mass is 16.5. The molecule has 0 spiro atoms. The zero-order valence-corrected chi connectivity index (χ0v) is 16.8. The topological polar surface area (TPSA) is 79.7 Å². The molecule has 0 bridgehead atoms. The summed E-state index contributed by atoms with van der Waals surface area (Å²) in [6.45, 7) is 2.34. The van der Waals surface area contributed by atoms with Crippen LogP contribution < -0.4 is 15.0 Å². The van der Waals surface area contributed by atoms with Crippen molar-refractivity contribution in [2.45, 2.75) is 25.8 Å². The molecule has 1 unspecified atom stereocenters. The van der Waals surface area contributed by atoms with Gasteiger partial charge in [-0.15, -0.1) is 0 Å². The second kappa shape index (κ2) is 7.24. The van der Waals surface area contributed by atoms with Crippen molar-refractivity contribution < 1.29 is 19.0 Å². The van der Waals surface area contributed by atoms with Gasteiger partial charge >= 0.3 is 5.97 Å². The molecule has 3 heterocycles. The molecule has 150 valence electrons. The van der Waals surface area contributed by atoms with E-state index in [9.17, 15) is 9.59 Å². The standard InChI is InChI=1S/C22H22N2O5/c1-5-15(22(26)29-4)12-7-17-21-14(11-24(17)20(25)9-12)6-13-8-18(27-2)19(28-3)10-16(13)23-21/h6-10,15H,5,11H2,1-4H3. The van der Waals surface area contributed by atoms with Crippen molar-refractivity contribution in [1.29, 1.82) is 0 Å². The van der Waals surface area contributed by atoms with Crippen molar-refractivity contribution in [3.05, 3.63) is 51.8 Å². The molecule has 7 heteroatoms. The molecule has 0 saturated heterocycles. The number of carbonyl (C=O) groups is 1. The van der Waals surface area contributed by atoms with Crippen LogP contribution in [-0.2, 0) is 16.1 Å². The van der Waals surface area contributed by atoms with E-state index in [1.807, 2.05) is 31.2 Å². The Morgan fingerprint density at radius 3 is 2.48 bits per heavy atom. The molecule has 1 atom stereocenters. The average Bonchev–Trinajstić information content (AvgIpc) is 3.09. The summed E-state index contributed by atoms with van der Waals surface area (Å²) < 4.78 is 17.3. The number of pyridine rings is 2. The van der Waals surface area contributed by atoms with Crippen LogP contribution in [0.25, 0.3) is 22.3 Å². The number of ether oxygens (including phenoxy) is 3. The fourth-order valence-corrected chi connectivity index (χ4v) is 3.92. The maximum absolute atomic E-state index is 12.8. The number of hydrogen-bond acceptors (Lipinski definition) is 6. The van der Waals surface area contributed by atoms with Crippen LogP contribution in [0.2, 0.25) is 0 Å². The highest BCUT2D eigenvalue weighted by molar-refractivity contribution is 5.87. The molecule has 0 radical (unpaired) electrons. The highest BCUT2D eigenvalue weighted by Gasteiger charge is 2.27. The fraction of sp³-hybridized carbons (Fsp3) is 0.318. The molecule has 0 fully saturated rings. The minimum Gasteiger partial charge on any atom is -0.493 e. The van der Waals surface area contributed by atoms with Crippen LogP contribution in [-0.4, -0.2) is 36.8 Å². The number of carbonyl (C=O) groups excluding carboxylic acids is 1. The van der Waals surface area contributed by atoms with Gasteiger partial charge in [-0.25, -0.2) is 4.98 Å². The second-order valence-electron chi connectivity index (χ2n) is 6.98. The summed E-state index contributed by atoms with van der Waals surface area (Å²) >= 11 is 0. The van der Waals surface area contributed by atoms with Crippen LogP contribution in [0.1, 0.15) is 30.4 Å². The van der Waals surface area contributed by atoms with E-state index in [1.165, 1.54) is 13.2 Å². The third-order valence-corrected chi connectivity index (χ3v) is 5.42. The van der Waals surface area contributed by atoms with Crippen molar-refractivity contribution in [3.8, 4) is 22.9 Å². The number of fused-ring (bicyclic) bond motifs is 4. The summed E-state index contributed by atoms with van der Waals surface area (Å²) in [6.07, 6.45) is 0.546. The first-order valence-electron chi connectivity index (χ1n) is 9.39. The molecule has 0 N–H and O–H groups in total. The Kier molecular flexibility index (Phi) is 4.74. The maximum Gasteiger partial charge on any atom is 0.313 e. The van der Waals surface area contributed by atoms with E-state index in [0.717, 1.165) is 22.2 Å². The van der Waals surface area contributed by atoms with Crippen LogP contribution in [0.4, 0.5) is 0 Å². The molecule has 4 rings (SSSR count). The molecule has 0 amide bonds. The number of esters is 1. The summed E-state index contributed by atoms with van der Waals surface area (Å²) in [5.41, 5.74) is 3.64. The predicted molar refractivity (Wildman–Crippen MR) is 109 cm³/mol. The normalized spacial score (nSPS) is 13.0. The average molecular weight is 394 g/mol. The van der Waals surface area contributed by atoms with Crippen LogP contribution in [0.3, 0.4) is 0 Å². The Morgan fingerprint density at radius 1 is 1.10 bits per heavy atom. The first kappa shape index (κ1) is 19.0. The van der Waals surface area contributed by atoms with Gasteiger partial charge in [0.05, 0.1) is 50.7 Å². The maximum atomic E-state index is 12.8. The molecule has 1 aromatic carbocycles. The van der Waals surface area contributed by atoms with Crippen LogP contribution in [0, 0.1) is 0 Å². The summed E-state index contributed by atoms with van der Waals surface area (Å²) in [4.78, 5) is 29.7. The largest absolute Gasteiger partial charge is 0.493 e. The van der Waals surface area contributed by atoms with Crippen molar-refractivity contribution in [2.75, 3.05) is 21.3 Å². The van der Waals surface area contributed by atoms with E-state index < -0.39 is 5.92 Å². The van der Waals surface area contributed by atoms with Gasteiger partial charge in [-0.2, -0.15) is 0 Å². The first-order chi connectivity index (χ1) is 14.0. The predicted octanol–water partition coefficient (Wildman–Crippen LogP) is 3.11. The quantitative estimate of drug-likeness (QED) is 0.484. The Bertz CT molecular complexity index is 1180. The molecule has 0 saturated carbocycles. The molecule has 0 aliphatic carbocycles. The minimum absolute atomic E-state index is 0.155. The summed E-state index contributed by atoms with van der Waals surface area (Å²) in [5.74, 6) is 0.389. The molecule has 29 heavy (non-hydrogen) atoms. The third kappa shape index (κ3) is 3.03. The summed E-state index contributed by atoms with van der Waals surface area (Å²) in [7, 11) is 4.53. The monoisotopic (exact) mass is 394 g/mol. The van der Waals surface area contributed by atoms with Gasteiger partial charge in [0.25, 0.3) is 5.56 Å². The van der Waals surface area contributed by atoms with Crippen LogP contribution in [0.5, 0.6) is 11.5 Å². The van der Waals surface area contributed by atoms with Gasteiger partial charge in [-0.1, -0.05) is 6.92 Å². The molecular formula is C22H22N2O5. The Labute approximate surface area is 167 Å². The third-order valence-electron chi connectivity index (χ3n) is 5.42. The Hall–Kier alpha value is -3.35. The lowest BCUT2D eigenvalue weighted by Gasteiger charge is -2.14. The van der Waals surface area contributed by atoms with Gasteiger partial charge in [-0.05, 0) is 30.2 Å². The molecule has 1 aliphatic heterocycles. The van der Waals surface area contributed by atoms with E-state index >= 15 is 0 Å².